The molecule has 0 bridgehead atoms. The lowest BCUT2D eigenvalue weighted by Gasteiger charge is -2.38. The molecule has 1 N–H and O–H groups in total. The first kappa shape index (κ1) is 14.4. The van der Waals surface area contributed by atoms with Gasteiger partial charge in [0, 0.05) is 11.6 Å². The van der Waals surface area contributed by atoms with E-state index in [1.807, 2.05) is 6.07 Å². The Morgan fingerprint density at radius 1 is 1.13 bits per heavy atom. The van der Waals surface area contributed by atoms with Crippen molar-refractivity contribution in [3.63, 3.8) is 0 Å². The number of aryl methyl sites for hydroxylation is 1. The summed E-state index contributed by atoms with van der Waals surface area (Å²) < 4.78 is 5.43. The zero-order chi connectivity index (χ0) is 16.0. The van der Waals surface area contributed by atoms with Crippen molar-refractivity contribution >= 4 is 5.69 Å². The largest absolute Gasteiger partial charge is 0.497 e. The highest BCUT2D eigenvalue weighted by Gasteiger charge is 2.38. The van der Waals surface area contributed by atoms with E-state index in [9.17, 15) is 0 Å². The van der Waals surface area contributed by atoms with Crippen LogP contribution in [0.5, 0.6) is 5.75 Å². The average Bonchev–Trinajstić information content (AvgIpc) is 3.07. The minimum absolute atomic E-state index is 0.332. The normalized spacial score (nSPS) is 24.7. The number of hydrogen-bond donors (Lipinski definition) is 1. The molecule has 0 fully saturated rings. The SMILES string of the molecule is COc1cccc(C2Nc3c(ccc(C)c3C)C3C=CCC32)c1. The Morgan fingerprint density at radius 3 is 2.83 bits per heavy atom. The summed E-state index contributed by atoms with van der Waals surface area (Å²) in [7, 11) is 1.73. The maximum absolute atomic E-state index is 5.43. The van der Waals surface area contributed by atoms with E-state index in [1.54, 1.807) is 7.11 Å². The number of hydrogen-bond acceptors (Lipinski definition) is 2. The minimum atomic E-state index is 0.332. The van der Waals surface area contributed by atoms with Crippen LogP contribution in [0.25, 0.3) is 0 Å². The van der Waals surface area contributed by atoms with Crippen molar-refractivity contribution in [2.24, 2.45) is 5.92 Å². The molecule has 2 aliphatic rings. The fourth-order valence-electron chi connectivity index (χ4n) is 4.08. The smallest absolute Gasteiger partial charge is 0.119 e. The molecule has 0 aromatic heterocycles. The van der Waals surface area contributed by atoms with Crippen LogP contribution in [0.1, 0.15) is 40.6 Å². The number of ether oxygens (including phenoxy) is 1. The van der Waals surface area contributed by atoms with Crippen molar-refractivity contribution in [2.75, 3.05) is 12.4 Å². The van der Waals surface area contributed by atoms with Crippen LogP contribution >= 0.6 is 0 Å². The molecule has 118 valence electrons. The van der Waals surface area contributed by atoms with Gasteiger partial charge in [0.1, 0.15) is 5.75 Å². The van der Waals surface area contributed by atoms with Gasteiger partial charge in [-0.05, 0) is 60.6 Å². The van der Waals surface area contributed by atoms with Crippen LogP contribution in [0.3, 0.4) is 0 Å². The van der Waals surface area contributed by atoms with Crippen molar-refractivity contribution < 1.29 is 4.74 Å². The lowest BCUT2D eigenvalue weighted by Crippen LogP contribution is -2.29. The molecular weight excluding hydrogens is 282 g/mol. The Hall–Kier alpha value is -2.22. The lowest BCUT2D eigenvalue weighted by molar-refractivity contribution is 0.406. The van der Waals surface area contributed by atoms with Crippen molar-refractivity contribution in [2.45, 2.75) is 32.2 Å². The molecule has 1 aliphatic carbocycles. The van der Waals surface area contributed by atoms with Crippen LogP contribution in [0.4, 0.5) is 5.69 Å². The van der Waals surface area contributed by atoms with Gasteiger partial charge in [0.15, 0.2) is 0 Å². The highest BCUT2D eigenvalue weighted by atomic mass is 16.5. The second-order valence-corrected chi connectivity index (χ2v) is 6.72. The van der Waals surface area contributed by atoms with Gasteiger partial charge >= 0.3 is 0 Å². The third-order valence-corrected chi connectivity index (χ3v) is 5.52. The van der Waals surface area contributed by atoms with E-state index in [4.69, 9.17) is 4.74 Å². The van der Waals surface area contributed by atoms with Gasteiger partial charge in [-0.25, -0.2) is 0 Å². The molecule has 0 saturated heterocycles. The number of nitrogens with one attached hydrogen (secondary N) is 1. The Morgan fingerprint density at radius 2 is 2.00 bits per heavy atom. The summed E-state index contributed by atoms with van der Waals surface area (Å²) in [6.07, 6.45) is 5.87. The topological polar surface area (TPSA) is 21.3 Å². The van der Waals surface area contributed by atoms with Crippen LogP contribution in [0.2, 0.25) is 0 Å². The van der Waals surface area contributed by atoms with E-state index in [1.165, 1.54) is 27.9 Å². The van der Waals surface area contributed by atoms with Gasteiger partial charge in [0.2, 0.25) is 0 Å². The highest BCUT2D eigenvalue weighted by molar-refractivity contribution is 5.65. The Kier molecular flexibility index (Phi) is 3.41. The molecule has 2 aromatic rings. The molecule has 2 heteroatoms. The van der Waals surface area contributed by atoms with Crippen LogP contribution in [-0.2, 0) is 0 Å². The quantitative estimate of drug-likeness (QED) is 0.776. The van der Waals surface area contributed by atoms with E-state index in [-0.39, 0.29) is 0 Å². The Labute approximate surface area is 138 Å². The summed E-state index contributed by atoms with van der Waals surface area (Å²) >= 11 is 0. The number of rotatable bonds is 2. The van der Waals surface area contributed by atoms with E-state index in [0.29, 0.717) is 17.9 Å². The maximum Gasteiger partial charge on any atom is 0.119 e. The molecule has 1 heterocycles. The fourth-order valence-corrected chi connectivity index (χ4v) is 4.08. The first-order valence-corrected chi connectivity index (χ1v) is 8.36. The zero-order valence-electron chi connectivity index (χ0n) is 14.0. The van der Waals surface area contributed by atoms with Gasteiger partial charge in [-0.2, -0.15) is 0 Å². The summed E-state index contributed by atoms with van der Waals surface area (Å²) in [5.41, 5.74) is 6.81. The molecule has 3 unspecified atom stereocenters. The number of benzene rings is 2. The van der Waals surface area contributed by atoms with Crippen LogP contribution in [-0.4, -0.2) is 7.11 Å². The van der Waals surface area contributed by atoms with E-state index in [2.05, 4.69) is 61.6 Å². The molecule has 1 aliphatic heterocycles. The summed E-state index contributed by atoms with van der Waals surface area (Å²) in [5.74, 6) is 2.03. The number of allylic oxidation sites excluding steroid dienone is 2. The van der Waals surface area contributed by atoms with Crippen LogP contribution < -0.4 is 10.1 Å². The molecule has 0 spiro atoms. The lowest BCUT2D eigenvalue weighted by atomic mass is 9.76. The first-order chi connectivity index (χ1) is 11.2. The summed E-state index contributed by atoms with van der Waals surface area (Å²) in [4.78, 5) is 0. The number of methoxy groups -OCH3 is 1. The molecule has 4 rings (SSSR count). The van der Waals surface area contributed by atoms with Gasteiger partial charge in [0.05, 0.1) is 13.2 Å². The van der Waals surface area contributed by atoms with Crippen molar-refractivity contribution in [3.8, 4) is 5.75 Å². The molecule has 2 aromatic carbocycles. The van der Waals surface area contributed by atoms with Gasteiger partial charge < -0.3 is 10.1 Å². The molecule has 0 amide bonds. The van der Waals surface area contributed by atoms with E-state index in [0.717, 1.165) is 12.2 Å². The summed E-state index contributed by atoms with van der Waals surface area (Å²) in [5, 5.41) is 3.85. The van der Waals surface area contributed by atoms with Gasteiger partial charge in [-0.3, -0.25) is 0 Å². The number of fused-ring (bicyclic) bond motifs is 3. The van der Waals surface area contributed by atoms with Crippen molar-refractivity contribution in [3.05, 3.63) is 70.8 Å². The van der Waals surface area contributed by atoms with E-state index >= 15 is 0 Å². The molecule has 0 radical (unpaired) electrons. The fraction of sp³-hybridized carbons (Fsp3) is 0.333. The predicted molar refractivity (Wildman–Crippen MR) is 95.3 cm³/mol. The van der Waals surface area contributed by atoms with Gasteiger partial charge in [0.25, 0.3) is 0 Å². The average molecular weight is 305 g/mol. The van der Waals surface area contributed by atoms with Gasteiger partial charge in [-0.15, -0.1) is 0 Å². The van der Waals surface area contributed by atoms with Crippen molar-refractivity contribution in [1.82, 2.24) is 0 Å². The Bertz CT molecular complexity index is 777. The van der Waals surface area contributed by atoms with Crippen LogP contribution in [0, 0.1) is 19.8 Å². The third-order valence-electron chi connectivity index (χ3n) is 5.52. The summed E-state index contributed by atoms with van der Waals surface area (Å²) in [6, 6.07) is 13.4. The maximum atomic E-state index is 5.43. The number of anilines is 1. The second kappa shape index (κ2) is 5.45. The zero-order valence-corrected chi connectivity index (χ0v) is 14.0. The molecule has 3 atom stereocenters. The van der Waals surface area contributed by atoms with E-state index < -0.39 is 0 Å². The molecule has 23 heavy (non-hydrogen) atoms. The second-order valence-electron chi connectivity index (χ2n) is 6.72. The monoisotopic (exact) mass is 305 g/mol. The minimum Gasteiger partial charge on any atom is -0.497 e. The first-order valence-electron chi connectivity index (χ1n) is 8.36. The molecular formula is C21H23NO. The standard InChI is InChI=1S/C21H23NO/c1-13-10-11-19-17-8-5-9-18(17)21(22-20(19)14(13)2)15-6-4-7-16(12-15)23-3/h4-8,10-12,17-18,21-22H,9H2,1-3H3. The Balaban J connectivity index is 1.82. The summed E-state index contributed by atoms with van der Waals surface area (Å²) in [6.45, 7) is 4.41. The predicted octanol–water partition coefficient (Wildman–Crippen LogP) is 5.14. The third kappa shape index (κ3) is 2.24. The highest BCUT2D eigenvalue weighted by Crippen LogP contribution is 2.51. The molecule has 0 saturated carbocycles. The molecule has 2 nitrogen and oxygen atoms in total. The van der Waals surface area contributed by atoms with Crippen LogP contribution in [0.15, 0.2) is 48.6 Å². The van der Waals surface area contributed by atoms with Crippen molar-refractivity contribution in [1.29, 1.82) is 0 Å². The van der Waals surface area contributed by atoms with Gasteiger partial charge in [-0.1, -0.05) is 36.4 Å².